The fraction of sp³-hybridized carbons (Fsp3) is 0.684. The molecule has 1 aliphatic heterocycles. The normalized spacial score (nSPS) is 20.2. The van der Waals surface area contributed by atoms with Crippen LogP contribution >= 0.6 is 0 Å². The van der Waals surface area contributed by atoms with Crippen LogP contribution in [0.3, 0.4) is 0 Å². The van der Waals surface area contributed by atoms with Crippen LogP contribution in [0.1, 0.15) is 58.1 Å². The Labute approximate surface area is 130 Å². The van der Waals surface area contributed by atoms with Crippen molar-refractivity contribution in [2.45, 2.75) is 64.3 Å². The van der Waals surface area contributed by atoms with Crippen molar-refractivity contribution in [3.63, 3.8) is 0 Å². The molecule has 2 nitrogen and oxygen atoms in total. The summed E-state index contributed by atoms with van der Waals surface area (Å²) in [4.78, 5) is 2.61. The lowest BCUT2D eigenvalue weighted by molar-refractivity contribution is 0.0870. The average molecular weight is 288 g/mol. The highest BCUT2D eigenvalue weighted by Crippen LogP contribution is 2.26. The van der Waals surface area contributed by atoms with Gasteiger partial charge in [0.25, 0.3) is 0 Å². The number of rotatable bonds is 4. The minimum atomic E-state index is 0.101. The number of nitrogens with zero attached hydrogens (tertiary/aromatic N) is 1. The van der Waals surface area contributed by atoms with Crippen LogP contribution in [0.2, 0.25) is 0 Å². The van der Waals surface area contributed by atoms with Gasteiger partial charge in [-0.05, 0) is 55.8 Å². The molecule has 0 aliphatic carbocycles. The highest BCUT2D eigenvalue weighted by Gasteiger charge is 2.31. The Morgan fingerprint density at radius 3 is 2.00 bits per heavy atom. The van der Waals surface area contributed by atoms with Gasteiger partial charge in [-0.15, -0.1) is 0 Å². The Kier molecular flexibility index (Phi) is 5.11. The van der Waals surface area contributed by atoms with Gasteiger partial charge >= 0.3 is 0 Å². The van der Waals surface area contributed by atoms with Crippen molar-refractivity contribution in [3.05, 3.63) is 35.4 Å². The van der Waals surface area contributed by atoms with E-state index in [-0.39, 0.29) is 11.0 Å². The summed E-state index contributed by atoms with van der Waals surface area (Å²) in [7, 11) is 0. The van der Waals surface area contributed by atoms with E-state index < -0.39 is 0 Å². The Morgan fingerprint density at radius 1 is 0.952 bits per heavy atom. The molecule has 1 aromatic rings. The Bertz CT molecular complexity index is 438. The van der Waals surface area contributed by atoms with Crippen LogP contribution < -0.4 is 5.73 Å². The van der Waals surface area contributed by atoms with E-state index in [9.17, 15) is 0 Å². The van der Waals surface area contributed by atoms with Gasteiger partial charge in [-0.25, -0.2) is 0 Å². The lowest BCUT2D eigenvalue weighted by Gasteiger charge is -2.43. The maximum atomic E-state index is 6.14. The predicted molar refractivity (Wildman–Crippen MR) is 91.7 cm³/mol. The molecular weight excluding hydrogens is 256 g/mol. The quantitative estimate of drug-likeness (QED) is 0.914. The molecule has 1 heterocycles. The number of piperidine rings is 1. The van der Waals surface area contributed by atoms with E-state index in [4.69, 9.17) is 5.73 Å². The van der Waals surface area contributed by atoms with Crippen LogP contribution in [-0.2, 0) is 11.8 Å². The second-order valence-corrected chi connectivity index (χ2v) is 7.87. The Hall–Kier alpha value is -0.860. The van der Waals surface area contributed by atoms with Crippen LogP contribution in [0.15, 0.2) is 24.3 Å². The first-order valence-electron chi connectivity index (χ1n) is 8.40. The van der Waals surface area contributed by atoms with Crippen LogP contribution in [-0.4, -0.2) is 30.1 Å². The first-order chi connectivity index (χ1) is 9.85. The van der Waals surface area contributed by atoms with Crippen molar-refractivity contribution in [1.82, 2.24) is 4.90 Å². The molecule has 2 heteroatoms. The zero-order valence-electron chi connectivity index (χ0n) is 14.3. The second-order valence-electron chi connectivity index (χ2n) is 7.87. The molecule has 1 saturated heterocycles. The highest BCUT2D eigenvalue weighted by molar-refractivity contribution is 5.28. The zero-order valence-corrected chi connectivity index (χ0v) is 14.3. The van der Waals surface area contributed by atoms with Crippen molar-refractivity contribution < 1.29 is 0 Å². The Balaban J connectivity index is 2.10. The highest BCUT2D eigenvalue weighted by atomic mass is 15.2. The summed E-state index contributed by atoms with van der Waals surface area (Å²) in [6.45, 7) is 12.3. The van der Waals surface area contributed by atoms with E-state index in [1.165, 1.54) is 43.5 Å². The maximum Gasteiger partial charge on any atom is 0.0343 e. The molecule has 118 valence electrons. The van der Waals surface area contributed by atoms with E-state index in [2.05, 4.69) is 56.9 Å². The second kappa shape index (κ2) is 6.50. The van der Waals surface area contributed by atoms with E-state index >= 15 is 0 Å². The summed E-state index contributed by atoms with van der Waals surface area (Å²) >= 11 is 0. The van der Waals surface area contributed by atoms with Gasteiger partial charge in [-0.3, -0.25) is 4.90 Å². The summed E-state index contributed by atoms with van der Waals surface area (Å²) in [5.41, 5.74) is 9.27. The lowest BCUT2D eigenvalue weighted by atomic mass is 9.84. The summed E-state index contributed by atoms with van der Waals surface area (Å²) in [5.74, 6) is 0. The van der Waals surface area contributed by atoms with Gasteiger partial charge in [0.2, 0.25) is 0 Å². The van der Waals surface area contributed by atoms with Crippen molar-refractivity contribution in [2.24, 2.45) is 5.73 Å². The van der Waals surface area contributed by atoms with Gasteiger partial charge < -0.3 is 5.73 Å². The third-order valence-electron chi connectivity index (χ3n) is 4.96. The molecule has 1 unspecified atom stereocenters. The molecule has 2 N–H and O–H groups in total. The topological polar surface area (TPSA) is 29.3 Å². The summed E-state index contributed by atoms with van der Waals surface area (Å²) in [5, 5.41) is 0. The van der Waals surface area contributed by atoms with Crippen LogP contribution in [0, 0.1) is 0 Å². The molecular formula is C19H32N2. The smallest absolute Gasteiger partial charge is 0.0343 e. The van der Waals surface area contributed by atoms with Crippen molar-refractivity contribution >= 4 is 0 Å². The van der Waals surface area contributed by atoms with Gasteiger partial charge in [0.15, 0.2) is 0 Å². The first-order valence-corrected chi connectivity index (χ1v) is 8.40. The molecule has 1 aliphatic rings. The van der Waals surface area contributed by atoms with E-state index in [0.29, 0.717) is 0 Å². The molecule has 0 spiro atoms. The molecule has 0 saturated carbocycles. The van der Waals surface area contributed by atoms with E-state index in [1.54, 1.807) is 0 Å². The molecule has 0 aromatic heterocycles. The van der Waals surface area contributed by atoms with Crippen molar-refractivity contribution in [2.75, 3.05) is 19.6 Å². The molecule has 1 aromatic carbocycles. The van der Waals surface area contributed by atoms with Crippen LogP contribution in [0.5, 0.6) is 0 Å². The number of likely N-dealkylation sites (tertiary alicyclic amines) is 1. The minimum absolute atomic E-state index is 0.101. The van der Waals surface area contributed by atoms with Crippen molar-refractivity contribution in [1.29, 1.82) is 0 Å². The number of hydrogen-bond donors (Lipinski definition) is 1. The van der Waals surface area contributed by atoms with Crippen molar-refractivity contribution in [3.8, 4) is 0 Å². The summed E-state index contributed by atoms with van der Waals surface area (Å²) in [6, 6.07) is 9.14. The first kappa shape index (κ1) is 16.5. The van der Waals surface area contributed by atoms with Gasteiger partial charge in [0, 0.05) is 12.1 Å². The zero-order chi connectivity index (χ0) is 15.5. The van der Waals surface area contributed by atoms with Gasteiger partial charge in [-0.2, -0.15) is 0 Å². The summed E-state index contributed by atoms with van der Waals surface area (Å²) in [6.07, 6.45) is 5.06. The molecule has 0 radical (unpaired) electrons. The minimum Gasteiger partial charge on any atom is -0.329 e. The standard InChI is InChI=1S/C19H32N2/c1-18(2,3)17-10-8-16(9-11-17)14-19(4,15-20)21-12-6-5-7-13-21/h8-11H,5-7,12-15,20H2,1-4H3. The van der Waals surface area contributed by atoms with Gasteiger partial charge in [0.1, 0.15) is 0 Å². The molecule has 2 rings (SSSR count). The van der Waals surface area contributed by atoms with Crippen LogP contribution in [0.4, 0.5) is 0 Å². The largest absolute Gasteiger partial charge is 0.329 e. The van der Waals surface area contributed by atoms with Crippen LogP contribution in [0.25, 0.3) is 0 Å². The molecule has 1 fully saturated rings. The third kappa shape index (κ3) is 4.08. The van der Waals surface area contributed by atoms with E-state index in [0.717, 1.165) is 13.0 Å². The third-order valence-corrected chi connectivity index (χ3v) is 4.96. The van der Waals surface area contributed by atoms with Gasteiger partial charge in [-0.1, -0.05) is 51.5 Å². The number of benzene rings is 1. The van der Waals surface area contributed by atoms with E-state index in [1.807, 2.05) is 0 Å². The lowest BCUT2D eigenvalue weighted by Crippen LogP contribution is -2.54. The number of hydrogen-bond acceptors (Lipinski definition) is 2. The molecule has 0 bridgehead atoms. The predicted octanol–water partition coefficient (Wildman–Crippen LogP) is 3.73. The maximum absolute atomic E-state index is 6.14. The molecule has 1 atom stereocenters. The SMILES string of the molecule is CC(C)(C)c1ccc(CC(C)(CN)N2CCCCC2)cc1. The molecule has 21 heavy (non-hydrogen) atoms. The molecule has 0 amide bonds. The average Bonchev–Trinajstić information content (AvgIpc) is 2.47. The fourth-order valence-electron chi connectivity index (χ4n) is 3.31. The monoisotopic (exact) mass is 288 g/mol. The fourth-order valence-corrected chi connectivity index (χ4v) is 3.31. The van der Waals surface area contributed by atoms with Gasteiger partial charge in [0.05, 0.1) is 0 Å². The summed E-state index contributed by atoms with van der Waals surface area (Å²) < 4.78 is 0. The Morgan fingerprint density at radius 2 is 1.52 bits per heavy atom. The number of nitrogens with two attached hydrogens (primary N) is 1.